The van der Waals surface area contributed by atoms with Crippen molar-refractivity contribution in [2.24, 2.45) is 5.73 Å². The van der Waals surface area contributed by atoms with Crippen molar-refractivity contribution >= 4 is 16.0 Å². The van der Waals surface area contributed by atoms with Crippen molar-refractivity contribution in [1.82, 2.24) is 9.97 Å². The zero-order valence-corrected chi connectivity index (χ0v) is 7.66. The molecule has 0 unspecified atom stereocenters. The smallest absolute Gasteiger partial charge is 0.236 e. The van der Waals surface area contributed by atoms with E-state index >= 15 is 0 Å². The van der Waals surface area contributed by atoms with Crippen molar-refractivity contribution in [3.05, 3.63) is 18.5 Å². The van der Waals surface area contributed by atoms with Crippen molar-refractivity contribution in [3.63, 3.8) is 0 Å². The van der Waals surface area contributed by atoms with E-state index in [0.29, 0.717) is 0 Å². The van der Waals surface area contributed by atoms with E-state index in [1.54, 1.807) is 6.07 Å². The number of anilines is 1. The summed E-state index contributed by atoms with van der Waals surface area (Å²) in [4.78, 5) is 7.41. The number of aromatic nitrogens is 2. The largest absolute Gasteiger partial charge is 0.329 e. The predicted octanol–water partition coefficient (Wildman–Crippen LogP) is -0.823. The molecule has 0 radical (unpaired) electrons. The van der Waals surface area contributed by atoms with Crippen LogP contribution in [-0.2, 0) is 10.0 Å². The van der Waals surface area contributed by atoms with E-state index < -0.39 is 10.0 Å². The molecule has 1 rings (SSSR count). The van der Waals surface area contributed by atoms with Crippen molar-refractivity contribution in [2.45, 2.75) is 0 Å². The topological polar surface area (TPSA) is 98.0 Å². The minimum atomic E-state index is -3.38. The van der Waals surface area contributed by atoms with Crippen LogP contribution >= 0.6 is 0 Å². The summed E-state index contributed by atoms with van der Waals surface area (Å²) in [5, 5.41) is 0. The highest BCUT2D eigenvalue weighted by Gasteiger charge is 2.09. The Kier molecular flexibility index (Phi) is 3.15. The molecule has 0 spiro atoms. The summed E-state index contributed by atoms with van der Waals surface area (Å²) in [6.45, 7) is 0.0716. The highest BCUT2D eigenvalue weighted by molar-refractivity contribution is 7.92. The van der Waals surface area contributed by atoms with Gasteiger partial charge in [0, 0.05) is 18.9 Å². The first-order chi connectivity index (χ1) is 6.14. The average Bonchev–Trinajstić information content (AvgIpc) is 2.04. The van der Waals surface area contributed by atoms with Crippen LogP contribution in [0.15, 0.2) is 18.5 Å². The number of nitrogens with zero attached hydrogens (tertiary/aromatic N) is 2. The molecule has 1 aromatic heterocycles. The maximum absolute atomic E-state index is 11.1. The van der Waals surface area contributed by atoms with Gasteiger partial charge in [0.25, 0.3) is 0 Å². The Bertz CT molecular complexity index is 350. The molecule has 1 heterocycles. The Hall–Kier alpha value is -1.21. The normalized spacial score (nSPS) is 11.2. The van der Waals surface area contributed by atoms with E-state index in [1.807, 2.05) is 0 Å². The monoisotopic (exact) mass is 202 g/mol. The lowest BCUT2D eigenvalue weighted by atomic mass is 10.7. The molecule has 1 aromatic rings. The molecule has 13 heavy (non-hydrogen) atoms. The lowest BCUT2D eigenvalue weighted by Gasteiger charge is -2.03. The third-order valence-corrected chi connectivity index (χ3v) is 2.47. The summed E-state index contributed by atoms with van der Waals surface area (Å²) in [5.74, 6) is -0.0680. The molecule has 0 aromatic carbocycles. The first kappa shape index (κ1) is 9.87. The third kappa shape index (κ3) is 3.34. The van der Waals surface area contributed by atoms with E-state index in [1.165, 1.54) is 12.4 Å². The number of nitrogens with one attached hydrogen (secondary N) is 1. The van der Waals surface area contributed by atoms with Crippen LogP contribution in [-0.4, -0.2) is 30.7 Å². The fourth-order valence-corrected chi connectivity index (χ4v) is 1.49. The zero-order valence-electron chi connectivity index (χ0n) is 6.84. The van der Waals surface area contributed by atoms with Crippen molar-refractivity contribution in [2.75, 3.05) is 17.0 Å². The van der Waals surface area contributed by atoms with Gasteiger partial charge >= 0.3 is 0 Å². The van der Waals surface area contributed by atoms with Crippen LogP contribution in [0, 0.1) is 0 Å². The lowest BCUT2D eigenvalue weighted by Crippen LogP contribution is -2.23. The Morgan fingerprint density at radius 2 is 2.00 bits per heavy atom. The molecule has 72 valence electrons. The summed E-state index contributed by atoms with van der Waals surface area (Å²) in [6, 6.07) is 1.60. The Labute approximate surface area is 76.3 Å². The number of sulfonamides is 1. The highest BCUT2D eigenvalue weighted by Crippen LogP contribution is 1.98. The van der Waals surface area contributed by atoms with E-state index in [9.17, 15) is 8.42 Å². The van der Waals surface area contributed by atoms with Gasteiger partial charge in [-0.1, -0.05) is 0 Å². The minimum absolute atomic E-state index is 0.0657. The minimum Gasteiger partial charge on any atom is -0.329 e. The summed E-state index contributed by atoms with van der Waals surface area (Å²) in [7, 11) is -3.38. The van der Waals surface area contributed by atoms with Crippen LogP contribution in [0.5, 0.6) is 0 Å². The number of rotatable bonds is 4. The second-order valence-corrected chi connectivity index (χ2v) is 4.12. The molecule has 0 fully saturated rings. The Morgan fingerprint density at radius 1 is 1.38 bits per heavy atom. The fraction of sp³-hybridized carbons (Fsp3) is 0.333. The molecule has 0 saturated carbocycles. The van der Waals surface area contributed by atoms with Crippen LogP contribution < -0.4 is 10.5 Å². The van der Waals surface area contributed by atoms with Gasteiger partial charge in [-0.05, 0) is 6.07 Å². The van der Waals surface area contributed by atoms with E-state index in [-0.39, 0.29) is 18.2 Å². The van der Waals surface area contributed by atoms with Crippen LogP contribution in [0.3, 0.4) is 0 Å². The number of hydrogen-bond donors (Lipinski definition) is 2. The fourth-order valence-electron chi connectivity index (χ4n) is 0.697. The molecule has 7 heteroatoms. The van der Waals surface area contributed by atoms with E-state index in [4.69, 9.17) is 5.73 Å². The maximum Gasteiger partial charge on any atom is 0.236 e. The van der Waals surface area contributed by atoms with Gasteiger partial charge in [0.1, 0.15) is 0 Å². The second-order valence-electron chi connectivity index (χ2n) is 2.28. The van der Waals surface area contributed by atoms with Gasteiger partial charge < -0.3 is 5.73 Å². The molecule has 0 saturated heterocycles. The molecule has 0 aliphatic heterocycles. The van der Waals surface area contributed by atoms with Gasteiger partial charge in [-0.25, -0.2) is 18.4 Å². The number of hydrogen-bond acceptors (Lipinski definition) is 5. The Balaban J connectivity index is 2.70. The molecular weight excluding hydrogens is 192 g/mol. The summed E-state index contributed by atoms with van der Waals surface area (Å²) >= 11 is 0. The quantitative estimate of drug-likeness (QED) is 0.664. The van der Waals surface area contributed by atoms with Crippen molar-refractivity contribution in [3.8, 4) is 0 Å². The second kappa shape index (κ2) is 4.15. The van der Waals surface area contributed by atoms with Gasteiger partial charge in [-0.15, -0.1) is 0 Å². The first-order valence-electron chi connectivity index (χ1n) is 3.61. The van der Waals surface area contributed by atoms with Gasteiger partial charge in [0.05, 0.1) is 5.75 Å². The third-order valence-electron chi connectivity index (χ3n) is 1.20. The maximum atomic E-state index is 11.1. The van der Waals surface area contributed by atoms with Gasteiger partial charge in [0.15, 0.2) is 0 Å². The SMILES string of the molecule is NCCS(=O)(=O)Nc1ncccn1. The van der Waals surface area contributed by atoms with Gasteiger partial charge in [-0.3, -0.25) is 4.72 Å². The summed E-state index contributed by atoms with van der Waals surface area (Å²) < 4.78 is 24.4. The van der Waals surface area contributed by atoms with E-state index in [2.05, 4.69) is 14.7 Å². The zero-order chi connectivity index (χ0) is 9.73. The summed E-state index contributed by atoms with van der Waals surface area (Å²) in [5.41, 5.74) is 5.11. The molecule has 0 amide bonds. The standard InChI is InChI=1S/C6H10N4O2S/c7-2-5-13(11,12)10-6-8-3-1-4-9-6/h1,3-4H,2,5,7H2,(H,8,9,10). The highest BCUT2D eigenvalue weighted by atomic mass is 32.2. The first-order valence-corrected chi connectivity index (χ1v) is 5.27. The molecule has 0 atom stereocenters. The van der Waals surface area contributed by atoms with E-state index in [0.717, 1.165) is 0 Å². The van der Waals surface area contributed by atoms with Crippen molar-refractivity contribution in [1.29, 1.82) is 0 Å². The van der Waals surface area contributed by atoms with Crippen LogP contribution in [0.2, 0.25) is 0 Å². The Morgan fingerprint density at radius 3 is 2.54 bits per heavy atom. The number of nitrogens with two attached hydrogens (primary N) is 1. The molecule has 6 nitrogen and oxygen atoms in total. The van der Waals surface area contributed by atoms with Gasteiger partial charge in [0.2, 0.25) is 16.0 Å². The van der Waals surface area contributed by atoms with Crippen LogP contribution in [0.1, 0.15) is 0 Å². The molecule has 0 aliphatic carbocycles. The van der Waals surface area contributed by atoms with Gasteiger partial charge in [-0.2, -0.15) is 0 Å². The average molecular weight is 202 g/mol. The summed E-state index contributed by atoms with van der Waals surface area (Å²) in [6.07, 6.45) is 2.90. The molecule has 0 bridgehead atoms. The van der Waals surface area contributed by atoms with Crippen molar-refractivity contribution < 1.29 is 8.42 Å². The van der Waals surface area contributed by atoms with Crippen LogP contribution in [0.25, 0.3) is 0 Å². The predicted molar refractivity (Wildman–Crippen MR) is 48.5 cm³/mol. The molecule has 0 aliphatic rings. The lowest BCUT2D eigenvalue weighted by molar-refractivity contribution is 0.600. The van der Waals surface area contributed by atoms with Crippen LogP contribution in [0.4, 0.5) is 5.95 Å². The molecular formula is C6H10N4O2S. The molecule has 3 N–H and O–H groups in total.